The highest BCUT2D eigenvalue weighted by molar-refractivity contribution is 5.94. The normalized spacial score (nSPS) is 25.7. The number of rotatable bonds is 4. The van der Waals surface area contributed by atoms with Gasteiger partial charge in [0.25, 0.3) is 5.91 Å². The maximum atomic E-state index is 12.6. The van der Waals surface area contributed by atoms with Crippen molar-refractivity contribution in [2.45, 2.75) is 63.7 Å². The molecule has 0 spiro atoms. The second kappa shape index (κ2) is 7.63. The first-order valence-electron chi connectivity index (χ1n) is 9.86. The molecule has 0 aromatic heterocycles. The van der Waals surface area contributed by atoms with Gasteiger partial charge in [-0.25, -0.2) is 0 Å². The fourth-order valence-electron chi connectivity index (χ4n) is 4.70. The molecule has 2 fully saturated rings. The van der Waals surface area contributed by atoms with Crippen LogP contribution in [0, 0.1) is 6.92 Å². The lowest BCUT2D eigenvalue weighted by atomic mass is 9.81. The number of hydrogen-bond donors (Lipinski definition) is 1. The molecule has 2 saturated heterocycles. The first-order valence-corrected chi connectivity index (χ1v) is 9.86. The van der Waals surface area contributed by atoms with Crippen LogP contribution in [0.25, 0.3) is 0 Å². The lowest BCUT2D eigenvalue weighted by Crippen LogP contribution is -2.56. The van der Waals surface area contributed by atoms with Gasteiger partial charge in [0, 0.05) is 30.2 Å². The molecule has 2 aliphatic rings. The minimum atomic E-state index is 0.0771. The molecule has 2 aromatic rings. The van der Waals surface area contributed by atoms with E-state index in [1.54, 1.807) is 0 Å². The van der Waals surface area contributed by atoms with E-state index in [9.17, 15) is 4.79 Å². The third-order valence-corrected chi connectivity index (χ3v) is 5.95. The number of nitrogens with zero attached hydrogens (tertiary/aromatic N) is 1. The first-order chi connectivity index (χ1) is 12.7. The van der Waals surface area contributed by atoms with Gasteiger partial charge in [0.1, 0.15) is 0 Å². The molecule has 136 valence electrons. The second-order valence-electron chi connectivity index (χ2n) is 7.91. The quantitative estimate of drug-likeness (QED) is 0.893. The van der Waals surface area contributed by atoms with Gasteiger partial charge in [0.2, 0.25) is 0 Å². The summed E-state index contributed by atoms with van der Waals surface area (Å²) >= 11 is 0. The molecule has 3 nitrogen and oxygen atoms in total. The van der Waals surface area contributed by atoms with Gasteiger partial charge in [-0.15, -0.1) is 0 Å². The molecule has 2 aromatic carbocycles. The van der Waals surface area contributed by atoms with Gasteiger partial charge >= 0.3 is 0 Å². The van der Waals surface area contributed by atoms with Crippen molar-refractivity contribution >= 4 is 5.91 Å². The Balaban J connectivity index is 1.42. The Labute approximate surface area is 156 Å². The highest BCUT2D eigenvalue weighted by atomic mass is 16.1. The Bertz CT molecular complexity index is 744. The molecule has 4 rings (SSSR count). The van der Waals surface area contributed by atoms with Crippen molar-refractivity contribution in [2.75, 3.05) is 0 Å². The van der Waals surface area contributed by atoms with Crippen LogP contribution >= 0.6 is 0 Å². The summed E-state index contributed by atoms with van der Waals surface area (Å²) in [6.45, 7) is 3.07. The molecule has 3 atom stereocenters. The van der Waals surface area contributed by atoms with Crippen LogP contribution in [0.15, 0.2) is 54.6 Å². The zero-order valence-corrected chi connectivity index (χ0v) is 15.5. The van der Waals surface area contributed by atoms with Crippen LogP contribution in [0.5, 0.6) is 0 Å². The maximum Gasteiger partial charge on any atom is 0.251 e. The predicted octanol–water partition coefficient (Wildman–Crippen LogP) is 4.31. The van der Waals surface area contributed by atoms with Gasteiger partial charge in [0.15, 0.2) is 0 Å². The number of aryl methyl sites for hydroxylation is 1. The van der Waals surface area contributed by atoms with Gasteiger partial charge in [-0.2, -0.15) is 0 Å². The standard InChI is InChI=1S/C23H28N2O/c1-17-7-5-10-19(13-17)23(26)24-20-14-21-11-6-12-22(15-20)25(21)16-18-8-3-2-4-9-18/h2-5,7-10,13,20-22H,6,11-12,14-16H2,1H3,(H,24,26)/t20?,21-,22+. The summed E-state index contributed by atoms with van der Waals surface area (Å²) in [7, 11) is 0. The Morgan fingerprint density at radius 1 is 1.04 bits per heavy atom. The van der Waals surface area contributed by atoms with E-state index in [0.29, 0.717) is 18.1 Å². The largest absolute Gasteiger partial charge is 0.349 e. The molecular weight excluding hydrogens is 320 g/mol. The highest BCUT2D eigenvalue weighted by Crippen LogP contribution is 2.35. The molecule has 3 heteroatoms. The van der Waals surface area contributed by atoms with Crippen LogP contribution in [0.2, 0.25) is 0 Å². The van der Waals surface area contributed by atoms with Crippen LogP contribution < -0.4 is 5.32 Å². The number of carbonyl (C=O) groups excluding carboxylic acids is 1. The van der Waals surface area contributed by atoms with Crippen LogP contribution in [0.1, 0.15) is 53.6 Å². The summed E-state index contributed by atoms with van der Waals surface area (Å²) in [6.07, 6.45) is 5.96. The number of piperidine rings is 2. The number of carbonyl (C=O) groups is 1. The fraction of sp³-hybridized carbons (Fsp3) is 0.435. The van der Waals surface area contributed by atoms with E-state index >= 15 is 0 Å². The smallest absolute Gasteiger partial charge is 0.251 e. The Kier molecular flexibility index (Phi) is 5.07. The van der Waals surface area contributed by atoms with E-state index in [2.05, 4.69) is 40.5 Å². The SMILES string of the molecule is Cc1cccc(C(=O)NC2C[C@H]3CCC[C@@H](C2)N3Cc2ccccc2)c1. The van der Waals surface area contributed by atoms with E-state index in [4.69, 9.17) is 0 Å². The molecule has 0 radical (unpaired) electrons. The molecule has 26 heavy (non-hydrogen) atoms. The van der Waals surface area contributed by atoms with Crippen molar-refractivity contribution in [3.8, 4) is 0 Å². The summed E-state index contributed by atoms with van der Waals surface area (Å²) in [4.78, 5) is 15.3. The monoisotopic (exact) mass is 348 g/mol. The summed E-state index contributed by atoms with van der Waals surface area (Å²) < 4.78 is 0. The third kappa shape index (κ3) is 3.83. The van der Waals surface area contributed by atoms with Gasteiger partial charge in [-0.3, -0.25) is 9.69 Å². The number of benzene rings is 2. The van der Waals surface area contributed by atoms with Gasteiger partial charge in [0.05, 0.1) is 0 Å². The average Bonchev–Trinajstić information content (AvgIpc) is 2.63. The highest BCUT2D eigenvalue weighted by Gasteiger charge is 2.38. The molecule has 2 bridgehead atoms. The second-order valence-corrected chi connectivity index (χ2v) is 7.91. The van der Waals surface area contributed by atoms with Crippen molar-refractivity contribution in [3.63, 3.8) is 0 Å². The maximum absolute atomic E-state index is 12.6. The van der Waals surface area contributed by atoms with Crippen LogP contribution in [0.3, 0.4) is 0 Å². The van der Waals surface area contributed by atoms with Crippen molar-refractivity contribution in [3.05, 3.63) is 71.3 Å². The van der Waals surface area contributed by atoms with Crippen LogP contribution in [0.4, 0.5) is 0 Å². The Morgan fingerprint density at radius 2 is 1.77 bits per heavy atom. The topological polar surface area (TPSA) is 32.3 Å². The lowest BCUT2D eigenvalue weighted by molar-refractivity contribution is 0.0177. The van der Waals surface area contributed by atoms with E-state index < -0.39 is 0 Å². The Morgan fingerprint density at radius 3 is 2.46 bits per heavy atom. The van der Waals surface area contributed by atoms with Gasteiger partial charge in [-0.05, 0) is 50.3 Å². The molecular formula is C23H28N2O. The summed E-state index contributed by atoms with van der Waals surface area (Å²) in [5.41, 5.74) is 3.31. The number of hydrogen-bond acceptors (Lipinski definition) is 2. The molecule has 0 aliphatic carbocycles. The third-order valence-electron chi connectivity index (χ3n) is 5.95. The molecule has 2 aliphatic heterocycles. The summed E-state index contributed by atoms with van der Waals surface area (Å²) in [6, 6.07) is 20.1. The zero-order chi connectivity index (χ0) is 17.9. The van der Waals surface area contributed by atoms with E-state index in [1.165, 1.54) is 24.8 Å². The fourth-order valence-corrected chi connectivity index (χ4v) is 4.70. The van der Waals surface area contributed by atoms with Crippen molar-refractivity contribution in [2.24, 2.45) is 0 Å². The van der Waals surface area contributed by atoms with Crippen LogP contribution in [-0.4, -0.2) is 28.9 Å². The van der Waals surface area contributed by atoms with Crippen molar-refractivity contribution < 1.29 is 4.79 Å². The van der Waals surface area contributed by atoms with Gasteiger partial charge < -0.3 is 5.32 Å². The molecule has 1 amide bonds. The lowest BCUT2D eigenvalue weighted by Gasteiger charge is -2.49. The van der Waals surface area contributed by atoms with E-state index in [0.717, 1.165) is 30.5 Å². The molecule has 0 saturated carbocycles. The van der Waals surface area contributed by atoms with E-state index in [1.807, 2.05) is 31.2 Å². The predicted molar refractivity (Wildman–Crippen MR) is 105 cm³/mol. The summed E-state index contributed by atoms with van der Waals surface area (Å²) in [5.74, 6) is 0.0771. The minimum Gasteiger partial charge on any atom is -0.349 e. The zero-order valence-electron chi connectivity index (χ0n) is 15.5. The molecule has 1 unspecified atom stereocenters. The summed E-state index contributed by atoms with van der Waals surface area (Å²) in [5, 5.41) is 3.31. The molecule has 1 N–H and O–H groups in total. The van der Waals surface area contributed by atoms with Crippen molar-refractivity contribution in [1.82, 2.24) is 10.2 Å². The average molecular weight is 348 g/mol. The number of fused-ring (bicyclic) bond motifs is 2. The van der Waals surface area contributed by atoms with Crippen LogP contribution in [-0.2, 0) is 6.54 Å². The first kappa shape index (κ1) is 17.3. The van der Waals surface area contributed by atoms with Gasteiger partial charge in [-0.1, -0.05) is 54.4 Å². The number of amides is 1. The number of nitrogens with one attached hydrogen (secondary N) is 1. The van der Waals surface area contributed by atoms with Crippen molar-refractivity contribution in [1.29, 1.82) is 0 Å². The van der Waals surface area contributed by atoms with E-state index in [-0.39, 0.29) is 5.91 Å². The Hall–Kier alpha value is -2.13. The molecule has 2 heterocycles. The minimum absolute atomic E-state index is 0.0771.